The zero-order valence-corrected chi connectivity index (χ0v) is 12.5. The van der Waals surface area contributed by atoms with Crippen LogP contribution in [0.4, 0.5) is 13.2 Å². The molecule has 9 heteroatoms. The SMILES string of the molecule is CS(C)(CCOc1ccccc1)OS(=O)(=O)C(F)(F)F. The maximum absolute atomic E-state index is 12.2. The quantitative estimate of drug-likeness (QED) is 0.752. The normalized spacial score (nSPS) is 14.1. The van der Waals surface area contributed by atoms with Crippen LogP contribution in [0.3, 0.4) is 0 Å². The third kappa shape index (κ3) is 5.22. The molecule has 4 nitrogen and oxygen atoms in total. The number of ether oxygens (including phenoxy) is 1. The fourth-order valence-corrected chi connectivity index (χ4v) is 4.20. The molecule has 0 heterocycles. The van der Waals surface area contributed by atoms with Crippen LogP contribution in [0, 0.1) is 0 Å². The number of rotatable bonds is 6. The highest BCUT2D eigenvalue weighted by Crippen LogP contribution is 2.45. The van der Waals surface area contributed by atoms with Gasteiger partial charge in [0.2, 0.25) is 0 Å². The second-order valence-electron chi connectivity index (χ2n) is 4.27. The van der Waals surface area contributed by atoms with Crippen molar-refractivity contribution in [3.05, 3.63) is 30.3 Å². The summed E-state index contributed by atoms with van der Waals surface area (Å²) in [4.78, 5) is 0. The molecule has 0 aromatic heterocycles. The molecule has 0 spiro atoms. The van der Waals surface area contributed by atoms with Gasteiger partial charge in [-0.25, -0.2) is 3.63 Å². The highest BCUT2D eigenvalue weighted by Gasteiger charge is 2.49. The van der Waals surface area contributed by atoms with Crippen LogP contribution in [0.5, 0.6) is 5.75 Å². The van der Waals surface area contributed by atoms with Gasteiger partial charge in [0.05, 0.1) is 6.61 Å². The predicted octanol–water partition coefficient (Wildman–Crippen LogP) is 2.91. The Labute approximate surface area is 117 Å². The Hall–Kier alpha value is -0.930. The Morgan fingerprint density at radius 3 is 2.15 bits per heavy atom. The lowest BCUT2D eigenvalue weighted by Gasteiger charge is -2.29. The van der Waals surface area contributed by atoms with Gasteiger partial charge in [0.25, 0.3) is 0 Å². The average molecular weight is 332 g/mol. The van der Waals surface area contributed by atoms with Crippen molar-refractivity contribution in [1.29, 1.82) is 0 Å². The minimum atomic E-state index is -5.57. The van der Waals surface area contributed by atoms with E-state index < -0.39 is 25.9 Å². The van der Waals surface area contributed by atoms with Crippen molar-refractivity contribution >= 4 is 20.4 Å². The Morgan fingerprint density at radius 1 is 1.10 bits per heavy atom. The van der Waals surface area contributed by atoms with E-state index in [4.69, 9.17) is 4.74 Å². The predicted molar refractivity (Wildman–Crippen MR) is 72.3 cm³/mol. The van der Waals surface area contributed by atoms with E-state index in [9.17, 15) is 21.6 Å². The van der Waals surface area contributed by atoms with E-state index in [1.165, 1.54) is 12.5 Å². The first-order valence-corrected chi connectivity index (χ1v) is 9.40. The molecule has 0 radical (unpaired) electrons. The lowest BCUT2D eigenvalue weighted by Crippen LogP contribution is -2.28. The van der Waals surface area contributed by atoms with Gasteiger partial charge in [0, 0.05) is 5.75 Å². The van der Waals surface area contributed by atoms with Crippen molar-refractivity contribution in [1.82, 2.24) is 0 Å². The summed E-state index contributed by atoms with van der Waals surface area (Å²) in [5.74, 6) is 0.624. The fraction of sp³-hybridized carbons (Fsp3) is 0.455. The van der Waals surface area contributed by atoms with Crippen LogP contribution < -0.4 is 4.74 Å². The van der Waals surface area contributed by atoms with Gasteiger partial charge in [-0.1, -0.05) is 18.2 Å². The highest BCUT2D eigenvalue weighted by atomic mass is 32.3. The molecular weight excluding hydrogens is 317 g/mol. The lowest BCUT2D eigenvalue weighted by atomic mass is 10.3. The maximum Gasteiger partial charge on any atom is 0.523 e. The molecule has 0 aliphatic rings. The highest BCUT2D eigenvalue weighted by molar-refractivity contribution is 8.32. The molecule has 0 saturated heterocycles. The standard InChI is InChI=1S/C11H15F3O4S2/c1-19(2,18-20(15,16)11(12,13)14)9-8-17-10-6-4-3-5-7-10/h3-7H,8-9H2,1-2H3. The van der Waals surface area contributed by atoms with Gasteiger partial charge in [-0.2, -0.15) is 21.6 Å². The number of hydrogen-bond acceptors (Lipinski definition) is 4. The van der Waals surface area contributed by atoms with Gasteiger partial charge in [0.1, 0.15) is 5.75 Å². The summed E-state index contributed by atoms with van der Waals surface area (Å²) in [6.45, 7) is 0.0692. The summed E-state index contributed by atoms with van der Waals surface area (Å²) >= 11 is 0. The van der Waals surface area contributed by atoms with E-state index in [2.05, 4.69) is 3.63 Å². The molecule has 0 fully saturated rings. The van der Waals surface area contributed by atoms with Crippen LogP contribution >= 0.6 is 10.3 Å². The van der Waals surface area contributed by atoms with Gasteiger partial charge in [0.15, 0.2) is 0 Å². The summed E-state index contributed by atoms with van der Waals surface area (Å²) in [6, 6.07) is 8.67. The van der Waals surface area contributed by atoms with Crippen molar-refractivity contribution in [3.8, 4) is 5.75 Å². The van der Waals surface area contributed by atoms with Crippen LogP contribution in [0.15, 0.2) is 30.3 Å². The second-order valence-corrected chi connectivity index (χ2v) is 9.47. The molecule has 0 aliphatic carbocycles. The van der Waals surface area contributed by atoms with E-state index >= 15 is 0 Å². The maximum atomic E-state index is 12.2. The third-order valence-electron chi connectivity index (χ3n) is 2.14. The molecular formula is C11H15F3O4S2. The number of benzene rings is 1. The van der Waals surface area contributed by atoms with Gasteiger partial charge in [-0.05, 0) is 24.6 Å². The van der Waals surface area contributed by atoms with Crippen LogP contribution in [-0.2, 0) is 13.7 Å². The van der Waals surface area contributed by atoms with E-state index in [-0.39, 0.29) is 12.4 Å². The van der Waals surface area contributed by atoms with Crippen LogP contribution in [-0.4, -0.2) is 38.8 Å². The third-order valence-corrected chi connectivity index (χ3v) is 6.05. The average Bonchev–Trinajstić information content (AvgIpc) is 2.27. The molecule has 1 aromatic carbocycles. The molecule has 0 saturated carbocycles. The molecule has 0 aliphatic heterocycles. The van der Waals surface area contributed by atoms with Crippen molar-refractivity contribution in [2.45, 2.75) is 5.51 Å². The van der Waals surface area contributed by atoms with Crippen LogP contribution in [0.1, 0.15) is 0 Å². The summed E-state index contributed by atoms with van der Waals surface area (Å²) in [7, 11) is -7.99. The number of para-hydroxylation sites is 1. The molecule has 0 atom stereocenters. The summed E-state index contributed by atoms with van der Waals surface area (Å²) < 4.78 is 68.1. The van der Waals surface area contributed by atoms with E-state index in [0.717, 1.165) is 0 Å². The van der Waals surface area contributed by atoms with Crippen LogP contribution in [0.25, 0.3) is 0 Å². The minimum absolute atomic E-state index is 0.0667. The topological polar surface area (TPSA) is 52.6 Å². The smallest absolute Gasteiger partial charge is 0.493 e. The molecule has 20 heavy (non-hydrogen) atoms. The van der Waals surface area contributed by atoms with Crippen molar-refractivity contribution in [2.75, 3.05) is 24.9 Å². The first kappa shape index (κ1) is 17.1. The molecule has 0 bridgehead atoms. The molecule has 116 valence electrons. The van der Waals surface area contributed by atoms with E-state index in [1.54, 1.807) is 30.3 Å². The number of halogens is 3. The summed E-state index contributed by atoms with van der Waals surface area (Å²) in [5.41, 5.74) is -5.41. The van der Waals surface area contributed by atoms with Crippen LogP contribution in [0.2, 0.25) is 0 Å². The molecule has 1 aromatic rings. The molecule has 0 unspecified atom stereocenters. The van der Waals surface area contributed by atoms with Gasteiger partial charge < -0.3 is 4.74 Å². The number of hydrogen-bond donors (Lipinski definition) is 0. The Morgan fingerprint density at radius 2 is 1.65 bits per heavy atom. The first-order chi connectivity index (χ1) is 9.04. The summed E-state index contributed by atoms with van der Waals surface area (Å²) in [5, 5.41) is 0. The molecule has 0 amide bonds. The van der Waals surface area contributed by atoms with Gasteiger partial charge in [-0.3, -0.25) is 0 Å². The zero-order chi connectivity index (χ0) is 15.4. The lowest BCUT2D eigenvalue weighted by molar-refractivity contribution is -0.0496. The monoisotopic (exact) mass is 332 g/mol. The van der Waals surface area contributed by atoms with Crippen molar-refractivity contribution < 1.29 is 30.0 Å². The Bertz CT molecular complexity index is 526. The molecule has 0 N–H and O–H groups in total. The Balaban J connectivity index is 2.54. The summed E-state index contributed by atoms with van der Waals surface area (Å²) in [6.07, 6.45) is 2.68. The fourth-order valence-electron chi connectivity index (χ4n) is 1.19. The van der Waals surface area contributed by atoms with E-state index in [1.807, 2.05) is 0 Å². The largest absolute Gasteiger partial charge is 0.523 e. The Kier molecular flexibility index (Phi) is 5.33. The second kappa shape index (κ2) is 6.23. The number of alkyl halides is 3. The van der Waals surface area contributed by atoms with Gasteiger partial charge in [-0.15, -0.1) is 10.3 Å². The first-order valence-electron chi connectivity index (χ1n) is 5.45. The van der Waals surface area contributed by atoms with Gasteiger partial charge >= 0.3 is 15.6 Å². The minimum Gasteiger partial charge on any atom is -0.493 e. The van der Waals surface area contributed by atoms with Crippen molar-refractivity contribution in [3.63, 3.8) is 0 Å². The molecule has 1 rings (SSSR count). The van der Waals surface area contributed by atoms with Crippen molar-refractivity contribution in [2.24, 2.45) is 0 Å². The zero-order valence-electron chi connectivity index (χ0n) is 10.9. The van der Waals surface area contributed by atoms with E-state index in [0.29, 0.717) is 5.75 Å².